The Kier molecular flexibility index (Phi) is 5.15. The van der Waals surface area contributed by atoms with Gasteiger partial charge in [0.2, 0.25) is 0 Å². The Labute approximate surface area is 208 Å². The largest absolute Gasteiger partial charge is 0.332 e. The van der Waals surface area contributed by atoms with Gasteiger partial charge in [-0.25, -0.2) is 0 Å². The van der Waals surface area contributed by atoms with E-state index in [0.29, 0.717) is 0 Å². The van der Waals surface area contributed by atoms with Gasteiger partial charge in [0.1, 0.15) is 0 Å². The standard InChI is InChI=1S/C31H25BrN2/c1-31(34-27-19-9-8-17-25(27)30-26(32)18-12-20-28(30)34)22-11-10-21-29(31)33(23-13-4-2-5-14-23)24-15-6-3-7-16-24/h2-22,29H,1H3. The minimum absolute atomic E-state index is 0.0558. The van der Waals surface area contributed by atoms with Gasteiger partial charge in [0, 0.05) is 26.6 Å². The number of allylic oxidation sites excluding steroid dienone is 2. The number of nitrogens with zero attached hydrogens (tertiary/aromatic N) is 2. The summed E-state index contributed by atoms with van der Waals surface area (Å²) >= 11 is 3.83. The molecular formula is C31H25BrN2. The molecule has 0 amide bonds. The van der Waals surface area contributed by atoms with E-state index >= 15 is 0 Å². The molecule has 4 aromatic carbocycles. The molecule has 0 spiro atoms. The zero-order valence-electron chi connectivity index (χ0n) is 19.0. The van der Waals surface area contributed by atoms with E-state index in [4.69, 9.17) is 0 Å². The molecule has 1 aliphatic rings. The van der Waals surface area contributed by atoms with Crippen molar-refractivity contribution in [3.8, 4) is 0 Å². The van der Waals surface area contributed by atoms with Crippen LogP contribution in [0, 0.1) is 0 Å². The van der Waals surface area contributed by atoms with E-state index in [2.05, 4.69) is 160 Å². The molecule has 6 rings (SSSR count). The van der Waals surface area contributed by atoms with Gasteiger partial charge in [0.25, 0.3) is 0 Å². The molecule has 2 unspecified atom stereocenters. The molecule has 5 aromatic rings. The van der Waals surface area contributed by atoms with Crippen LogP contribution in [-0.4, -0.2) is 10.6 Å². The highest BCUT2D eigenvalue weighted by molar-refractivity contribution is 9.10. The molecule has 1 aromatic heterocycles. The summed E-state index contributed by atoms with van der Waals surface area (Å²) in [6.07, 6.45) is 9.04. The van der Waals surface area contributed by atoms with E-state index in [-0.39, 0.29) is 11.6 Å². The Hall–Kier alpha value is -3.56. The maximum absolute atomic E-state index is 3.83. The Morgan fingerprint density at radius 3 is 2.03 bits per heavy atom. The van der Waals surface area contributed by atoms with Crippen LogP contribution in [0.3, 0.4) is 0 Å². The van der Waals surface area contributed by atoms with Crippen molar-refractivity contribution in [1.29, 1.82) is 0 Å². The second-order valence-electron chi connectivity index (χ2n) is 8.94. The average molecular weight is 505 g/mol. The van der Waals surface area contributed by atoms with E-state index in [1.807, 2.05) is 0 Å². The van der Waals surface area contributed by atoms with Gasteiger partial charge in [-0.1, -0.05) is 101 Å². The Morgan fingerprint density at radius 2 is 1.32 bits per heavy atom. The number of aromatic nitrogens is 1. The van der Waals surface area contributed by atoms with Crippen LogP contribution in [0.15, 0.2) is 132 Å². The normalized spacial score (nSPS) is 19.6. The molecule has 2 atom stereocenters. The van der Waals surface area contributed by atoms with Gasteiger partial charge in [-0.3, -0.25) is 0 Å². The molecule has 0 fully saturated rings. The molecule has 0 bridgehead atoms. The van der Waals surface area contributed by atoms with Crippen molar-refractivity contribution in [3.63, 3.8) is 0 Å². The molecule has 34 heavy (non-hydrogen) atoms. The van der Waals surface area contributed by atoms with E-state index in [9.17, 15) is 0 Å². The molecule has 0 radical (unpaired) electrons. The molecule has 2 nitrogen and oxygen atoms in total. The first kappa shape index (κ1) is 21.0. The molecule has 0 aliphatic heterocycles. The van der Waals surface area contributed by atoms with Gasteiger partial charge < -0.3 is 9.47 Å². The zero-order chi connectivity index (χ0) is 23.1. The van der Waals surface area contributed by atoms with E-state index in [0.717, 1.165) is 4.47 Å². The van der Waals surface area contributed by atoms with Gasteiger partial charge in [-0.15, -0.1) is 0 Å². The predicted molar refractivity (Wildman–Crippen MR) is 148 cm³/mol. The average Bonchev–Trinajstić information content (AvgIpc) is 3.23. The summed E-state index contributed by atoms with van der Waals surface area (Å²) in [6, 6.07) is 36.7. The van der Waals surface area contributed by atoms with Crippen LogP contribution in [0.2, 0.25) is 0 Å². The number of fused-ring (bicyclic) bond motifs is 3. The predicted octanol–water partition coefficient (Wildman–Crippen LogP) is 8.61. The topological polar surface area (TPSA) is 8.17 Å². The van der Waals surface area contributed by atoms with Gasteiger partial charge in [-0.2, -0.15) is 0 Å². The van der Waals surface area contributed by atoms with Gasteiger partial charge in [-0.05, 0) is 49.4 Å². The highest BCUT2D eigenvalue weighted by Gasteiger charge is 2.40. The summed E-state index contributed by atoms with van der Waals surface area (Å²) in [5.74, 6) is 0. The minimum Gasteiger partial charge on any atom is -0.332 e. The lowest BCUT2D eigenvalue weighted by molar-refractivity contribution is 0.382. The minimum atomic E-state index is -0.345. The van der Waals surface area contributed by atoms with Crippen LogP contribution in [0.1, 0.15) is 6.92 Å². The summed E-state index contributed by atoms with van der Waals surface area (Å²) in [4.78, 5) is 2.46. The maximum Gasteiger partial charge on any atom is 0.0851 e. The molecule has 1 aliphatic carbocycles. The molecule has 3 heteroatoms. The van der Waals surface area contributed by atoms with Crippen LogP contribution >= 0.6 is 15.9 Å². The van der Waals surface area contributed by atoms with Crippen LogP contribution in [0.5, 0.6) is 0 Å². The Bertz CT molecular complexity index is 1490. The summed E-state index contributed by atoms with van der Waals surface area (Å²) in [6.45, 7) is 2.35. The SMILES string of the molecule is CC1(n2c3ccccc3c3c(Br)cccc32)C=CC=CC1N(c1ccccc1)c1ccccc1. The van der Waals surface area contributed by atoms with Crippen molar-refractivity contribution < 1.29 is 0 Å². The van der Waals surface area contributed by atoms with Crippen LogP contribution in [0.25, 0.3) is 21.8 Å². The number of anilines is 2. The first-order valence-corrected chi connectivity index (χ1v) is 12.4. The van der Waals surface area contributed by atoms with Crippen molar-refractivity contribution in [2.45, 2.75) is 18.5 Å². The van der Waals surface area contributed by atoms with Gasteiger partial charge >= 0.3 is 0 Å². The number of benzene rings is 4. The third kappa shape index (κ3) is 3.23. The monoisotopic (exact) mass is 504 g/mol. The maximum atomic E-state index is 3.83. The van der Waals surface area contributed by atoms with Crippen molar-refractivity contribution in [1.82, 2.24) is 4.57 Å². The lowest BCUT2D eigenvalue weighted by Crippen LogP contribution is -2.49. The molecule has 1 heterocycles. The highest BCUT2D eigenvalue weighted by atomic mass is 79.9. The van der Waals surface area contributed by atoms with Crippen LogP contribution in [-0.2, 0) is 5.54 Å². The second-order valence-corrected chi connectivity index (χ2v) is 9.80. The fourth-order valence-corrected chi connectivity index (χ4v) is 5.98. The van der Waals surface area contributed by atoms with Crippen LogP contribution < -0.4 is 4.90 Å². The summed E-state index contributed by atoms with van der Waals surface area (Å²) in [5, 5.41) is 2.52. The number of para-hydroxylation sites is 3. The van der Waals surface area contributed by atoms with Crippen molar-refractivity contribution in [2.75, 3.05) is 4.90 Å². The van der Waals surface area contributed by atoms with Gasteiger partial charge in [0.15, 0.2) is 0 Å². The van der Waals surface area contributed by atoms with Crippen molar-refractivity contribution in [3.05, 3.63) is 132 Å². The highest BCUT2D eigenvalue weighted by Crippen LogP contribution is 2.44. The third-order valence-electron chi connectivity index (χ3n) is 6.91. The fourth-order valence-electron chi connectivity index (χ4n) is 5.41. The quantitative estimate of drug-likeness (QED) is 0.237. The summed E-state index contributed by atoms with van der Waals surface area (Å²) in [7, 11) is 0. The lowest BCUT2D eigenvalue weighted by Gasteiger charge is -2.45. The third-order valence-corrected chi connectivity index (χ3v) is 7.57. The second kappa shape index (κ2) is 8.34. The van der Waals surface area contributed by atoms with E-state index < -0.39 is 0 Å². The fraction of sp³-hybridized carbons (Fsp3) is 0.0968. The zero-order valence-corrected chi connectivity index (χ0v) is 20.6. The molecule has 0 saturated carbocycles. The smallest absolute Gasteiger partial charge is 0.0851 e. The molecule has 166 valence electrons. The summed E-state index contributed by atoms with van der Waals surface area (Å²) < 4.78 is 3.64. The van der Waals surface area contributed by atoms with E-state index in [1.54, 1.807) is 0 Å². The van der Waals surface area contributed by atoms with E-state index in [1.165, 1.54) is 33.2 Å². The first-order valence-electron chi connectivity index (χ1n) is 11.6. The number of hydrogen-bond acceptors (Lipinski definition) is 1. The molecular weight excluding hydrogens is 480 g/mol. The summed E-state index contributed by atoms with van der Waals surface area (Å²) in [5.41, 5.74) is 4.46. The van der Waals surface area contributed by atoms with Crippen LogP contribution in [0.4, 0.5) is 11.4 Å². The lowest BCUT2D eigenvalue weighted by atomic mass is 9.85. The Balaban J connectivity index is 1.65. The molecule has 0 N–H and O–H groups in total. The van der Waals surface area contributed by atoms with Crippen molar-refractivity contribution >= 4 is 49.1 Å². The number of hydrogen-bond donors (Lipinski definition) is 0. The first-order chi connectivity index (χ1) is 16.7. The van der Waals surface area contributed by atoms with Crippen molar-refractivity contribution in [2.24, 2.45) is 0 Å². The van der Waals surface area contributed by atoms with Gasteiger partial charge in [0.05, 0.1) is 22.6 Å². The molecule has 0 saturated heterocycles. The number of rotatable bonds is 4. The number of halogens is 1. The Morgan fingerprint density at radius 1 is 0.706 bits per heavy atom.